The maximum absolute atomic E-state index is 14.5. The number of amides is 4. The van der Waals surface area contributed by atoms with Crippen LogP contribution in [-0.2, 0) is 29.1 Å². The molecular weight excluding hydrogens is 670 g/mol. The minimum Gasteiger partial charge on any atom is -0.508 e. The van der Waals surface area contributed by atoms with Crippen LogP contribution in [0.25, 0.3) is 0 Å². The first-order valence-electron chi connectivity index (χ1n) is 18.7. The number of aromatic nitrogens is 1. The largest absolute Gasteiger partial charge is 0.508 e. The molecule has 1 aromatic heterocycles. The van der Waals surface area contributed by atoms with Crippen molar-refractivity contribution in [3.8, 4) is 5.75 Å². The second-order valence-corrected chi connectivity index (χ2v) is 14.5. The summed E-state index contributed by atoms with van der Waals surface area (Å²) in [7, 11) is 0. The van der Waals surface area contributed by atoms with Crippen molar-refractivity contribution in [3.63, 3.8) is 0 Å². The van der Waals surface area contributed by atoms with Crippen molar-refractivity contribution in [2.24, 2.45) is 0 Å². The highest BCUT2D eigenvalue weighted by molar-refractivity contribution is 5.91. The van der Waals surface area contributed by atoms with Gasteiger partial charge in [-0.2, -0.15) is 0 Å². The molecule has 0 radical (unpaired) electrons. The van der Waals surface area contributed by atoms with Crippen molar-refractivity contribution < 1.29 is 19.5 Å². The molecule has 4 aliphatic heterocycles. The first-order valence-corrected chi connectivity index (χ1v) is 18.7. The van der Waals surface area contributed by atoms with Crippen LogP contribution in [0.2, 0.25) is 0 Å². The van der Waals surface area contributed by atoms with E-state index in [-0.39, 0.29) is 56.2 Å². The molecule has 13 heteroatoms. The molecule has 53 heavy (non-hydrogen) atoms. The second-order valence-electron chi connectivity index (χ2n) is 14.5. The molecule has 280 valence electrons. The Morgan fingerprint density at radius 1 is 1.00 bits per heavy atom. The molecule has 0 bridgehead atoms. The van der Waals surface area contributed by atoms with Crippen molar-refractivity contribution >= 4 is 23.7 Å². The highest BCUT2D eigenvalue weighted by Crippen LogP contribution is 2.31. The zero-order chi connectivity index (χ0) is 37.1. The molecule has 4 aliphatic rings. The minimum atomic E-state index is -0.868. The zero-order valence-electron chi connectivity index (χ0n) is 30.8. The van der Waals surface area contributed by atoms with E-state index in [1.807, 2.05) is 55.5 Å². The van der Waals surface area contributed by atoms with Crippen molar-refractivity contribution in [3.05, 3.63) is 102 Å². The van der Waals surface area contributed by atoms with Crippen molar-refractivity contribution in [1.29, 1.82) is 0 Å². The molecule has 7 rings (SSSR count). The first kappa shape index (κ1) is 36.4. The van der Waals surface area contributed by atoms with Crippen LogP contribution in [-0.4, -0.2) is 141 Å². The predicted molar refractivity (Wildman–Crippen MR) is 203 cm³/mol. The van der Waals surface area contributed by atoms with Gasteiger partial charge in [0.2, 0.25) is 11.8 Å². The number of hydrazine groups is 1. The summed E-state index contributed by atoms with van der Waals surface area (Å²) in [6, 6.07) is 19.9. The number of rotatable bonds is 11. The fourth-order valence-electron chi connectivity index (χ4n) is 8.06. The molecule has 4 saturated heterocycles. The van der Waals surface area contributed by atoms with Gasteiger partial charge in [-0.1, -0.05) is 55.5 Å². The van der Waals surface area contributed by atoms with Gasteiger partial charge in [0.25, 0.3) is 0 Å². The van der Waals surface area contributed by atoms with Crippen molar-refractivity contribution in [2.75, 3.05) is 70.3 Å². The molecule has 0 aliphatic carbocycles. The molecule has 1 unspecified atom stereocenters. The first-order chi connectivity index (χ1) is 25.7. The lowest BCUT2D eigenvalue weighted by atomic mass is 9.95. The summed E-state index contributed by atoms with van der Waals surface area (Å²) in [4.78, 5) is 58.4. The highest BCUT2D eigenvalue weighted by Gasteiger charge is 2.51. The lowest BCUT2D eigenvalue weighted by Gasteiger charge is -2.55. The Balaban J connectivity index is 1.14. The van der Waals surface area contributed by atoms with Crippen molar-refractivity contribution in [2.45, 2.75) is 51.6 Å². The van der Waals surface area contributed by atoms with E-state index in [0.717, 1.165) is 74.0 Å². The van der Waals surface area contributed by atoms with Gasteiger partial charge in [-0.15, -0.1) is 6.58 Å². The maximum atomic E-state index is 14.5. The second kappa shape index (κ2) is 15.9. The van der Waals surface area contributed by atoms with Gasteiger partial charge in [0.15, 0.2) is 0 Å². The number of hydrogen-bond donors (Lipinski definition) is 2. The Labute approximate surface area is 312 Å². The number of nitrogens with one attached hydrogen (secondary N) is 1. The van der Waals surface area contributed by atoms with E-state index >= 15 is 0 Å². The van der Waals surface area contributed by atoms with E-state index in [2.05, 4.69) is 33.5 Å². The number of aromatic hydroxyl groups is 1. The van der Waals surface area contributed by atoms with Crippen LogP contribution in [0.4, 0.5) is 10.6 Å². The number of fused-ring (bicyclic) bond motifs is 1. The van der Waals surface area contributed by atoms with E-state index in [0.29, 0.717) is 12.6 Å². The molecule has 0 saturated carbocycles. The summed E-state index contributed by atoms with van der Waals surface area (Å²) in [6.07, 6.45) is 1.14. The standard InChI is InChI=1S/C40H51N9O4/c1-4-16-47-28-38(51)48-35(22-31-14-15-34(50)21-29(31)3)39(52)46(27-37(48)49(47)40(53)41-23-30-10-7-6-8-11-30)24-32-12-9-13-36(42-32)45-25-33(26-45)44-19-17-43(5-2)18-20-44/h4,6-15,21,33,35,37,50H,1,5,16-20,22-28H2,2-3H3,(H,41,53)/t35?,37-/m0/s1. The van der Waals surface area contributed by atoms with E-state index in [4.69, 9.17) is 4.98 Å². The van der Waals surface area contributed by atoms with Gasteiger partial charge in [-0.25, -0.2) is 19.8 Å². The summed E-state index contributed by atoms with van der Waals surface area (Å²) < 4.78 is 0. The van der Waals surface area contributed by atoms with E-state index in [9.17, 15) is 19.5 Å². The van der Waals surface area contributed by atoms with Gasteiger partial charge in [0.05, 0.1) is 25.3 Å². The highest BCUT2D eigenvalue weighted by atomic mass is 16.3. The van der Waals surface area contributed by atoms with Crippen LogP contribution >= 0.6 is 0 Å². The molecule has 4 amide bonds. The van der Waals surface area contributed by atoms with E-state index in [1.54, 1.807) is 44.1 Å². The molecule has 2 atom stereocenters. The number of urea groups is 1. The number of aryl methyl sites for hydroxylation is 1. The minimum absolute atomic E-state index is 0.0751. The summed E-state index contributed by atoms with van der Waals surface area (Å²) in [5, 5.41) is 16.4. The number of nitrogens with zero attached hydrogens (tertiary/aromatic N) is 8. The average Bonchev–Trinajstić information content (AvgIpc) is 3.14. The van der Waals surface area contributed by atoms with Gasteiger partial charge in [0.1, 0.15) is 23.8 Å². The van der Waals surface area contributed by atoms with Crippen molar-refractivity contribution in [1.82, 2.24) is 39.9 Å². The Bertz CT molecular complexity index is 1790. The third-order valence-corrected chi connectivity index (χ3v) is 11.1. The normalized spacial score (nSPS) is 21.8. The molecule has 2 aromatic carbocycles. The van der Waals surface area contributed by atoms with E-state index < -0.39 is 12.2 Å². The number of likely N-dealkylation sites (N-methyl/N-ethyl adjacent to an activating group) is 1. The van der Waals surface area contributed by atoms with Gasteiger partial charge in [-0.3, -0.25) is 14.5 Å². The summed E-state index contributed by atoms with van der Waals surface area (Å²) in [6.45, 7) is 16.2. The maximum Gasteiger partial charge on any atom is 0.334 e. The van der Waals surface area contributed by atoms with Crippen LogP contribution in [0.15, 0.2) is 79.4 Å². The van der Waals surface area contributed by atoms with Crippen LogP contribution in [0, 0.1) is 6.92 Å². The van der Waals surface area contributed by atoms with Crippen LogP contribution in [0.1, 0.15) is 29.3 Å². The molecule has 2 N–H and O–H groups in total. The fraction of sp³-hybridized carbons (Fsp3) is 0.450. The summed E-state index contributed by atoms with van der Waals surface area (Å²) in [5.41, 5.74) is 3.35. The third kappa shape index (κ3) is 7.87. The summed E-state index contributed by atoms with van der Waals surface area (Å²) >= 11 is 0. The zero-order valence-corrected chi connectivity index (χ0v) is 30.8. The number of anilines is 1. The SMILES string of the molecule is C=CCN1CC(=O)N2C(Cc3ccc(O)cc3C)C(=O)N(Cc3cccc(N4CC(N5CCN(CC)CC5)C4)n3)C[C@@H]2N1C(=O)NCc1ccccc1. The molecule has 4 fully saturated rings. The topological polar surface area (TPSA) is 119 Å². The Kier molecular flexibility index (Phi) is 10.9. The number of carbonyl (C=O) groups is 3. The number of hydrogen-bond acceptors (Lipinski definition) is 9. The lowest BCUT2D eigenvalue weighted by molar-refractivity contribution is -0.189. The molecule has 13 nitrogen and oxygen atoms in total. The number of benzene rings is 2. The van der Waals surface area contributed by atoms with Crippen LogP contribution < -0.4 is 10.2 Å². The predicted octanol–water partition coefficient (Wildman–Crippen LogP) is 2.66. The number of carbonyl (C=O) groups excluding carboxylic acids is 3. The van der Waals surface area contributed by atoms with Crippen LogP contribution in [0.5, 0.6) is 5.75 Å². The van der Waals surface area contributed by atoms with E-state index in [1.165, 1.54) is 0 Å². The lowest BCUT2D eigenvalue weighted by Crippen LogP contribution is -2.76. The fourth-order valence-corrected chi connectivity index (χ4v) is 8.06. The average molecular weight is 722 g/mol. The molecule has 0 spiro atoms. The Morgan fingerprint density at radius 2 is 1.77 bits per heavy atom. The molecule has 5 heterocycles. The van der Waals surface area contributed by atoms with Gasteiger partial charge >= 0.3 is 6.03 Å². The third-order valence-electron chi connectivity index (χ3n) is 11.1. The van der Waals surface area contributed by atoms with Gasteiger partial charge in [-0.05, 0) is 54.4 Å². The Hall–Kier alpha value is -4.98. The number of phenolic OH excluding ortho intramolecular Hbond substituents is 1. The monoisotopic (exact) mass is 721 g/mol. The summed E-state index contributed by atoms with van der Waals surface area (Å²) in [5.74, 6) is 0.586. The number of piperazine rings is 2. The number of pyridine rings is 1. The quantitative estimate of drug-likeness (QED) is 0.288. The van der Waals surface area contributed by atoms with Gasteiger partial charge in [0, 0.05) is 64.8 Å². The number of phenols is 1. The Morgan fingerprint density at radius 3 is 2.49 bits per heavy atom. The van der Waals surface area contributed by atoms with Gasteiger partial charge < -0.3 is 30.0 Å². The smallest absolute Gasteiger partial charge is 0.334 e. The van der Waals surface area contributed by atoms with Crippen LogP contribution in [0.3, 0.4) is 0 Å². The molecule has 3 aromatic rings. The molecular formula is C40H51N9O4.